The zero-order valence-corrected chi connectivity index (χ0v) is 18.5. The first-order chi connectivity index (χ1) is 16.8. The summed E-state index contributed by atoms with van der Waals surface area (Å²) in [7, 11) is 0. The summed E-state index contributed by atoms with van der Waals surface area (Å²) in [6, 6.07) is 10.8. The summed E-state index contributed by atoms with van der Waals surface area (Å²) in [4.78, 5) is 27.4. The minimum Gasteiger partial charge on any atom is -0.370 e. The predicted octanol–water partition coefficient (Wildman–Crippen LogP) is 4.78. The van der Waals surface area contributed by atoms with Gasteiger partial charge in [0.2, 0.25) is 0 Å². The standard InChI is InChI=1S/C25H21F4N5O/c26-19-5-2-1-4-17(19)15-34-23-20(30-10-11-32-23)14-18(24(34)35)16-7-12-33(13-8-16)21-6-3-9-31-22(21)25(27,28)29/h1-6,9-11,14,16H,7-8,12-13,15H2. The lowest BCUT2D eigenvalue weighted by Crippen LogP contribution is -2.37. The normalized spacial score (nSPS) is 15.0. The predicted molar refractivity (Wildman–Crippen MR) is 123 cm³/mol. The Morgan fingerprint density at radius 2 is 1.69 bits per heavy atom. The van der Waals surface area contributed by atoms with Crippen molar-refractivity contribution in [2.24, 2.45) is 0 Å². The van der Waals surface area contributed by atoms with E-state index in [9.17, 15) is 22.4 Å². The van der Waals surface area contributed by atoms with Gasteiger partial charge < -0.3 is 4.90 Å². The van der Waals surface area contributed by atoms with Crippen molar-refractivity contribution in [2.45, 2.75) is 31.5 Å². The van der Waals surface area contributed by atoms with Crippen molar-refractivity contribution in [3.05, 3.63) is 94.0 Å². The van der Waals surface area contributed by atoms with Crippen LogP contribution < -0.4 is 10.5 Å². The van der Waals surface area contributed by atoms with Gasteiger partial charge in [-0.15, -0.1) is 0 Å². The Labute approximate surface area is 197 Å². The molecule has 6 nitrogen and oxygen atoms in total. The van der Waals surface area contributed by atoms with Crippen LogP contribution in [0.2, 0.25) is 0 Å². The summed E-state index contributed by atoms with van der Waals surface area (Å²) < 4.78 is 56.0. The van der Waals surface area contributed by atoms with Crippen molar-refractivity contribution in [3.8, 4) is 0 Å². The van der Waals surface area contributed by atoms with Crippen LogP contribution in [0.15, 0.2) is 65.8 Å². The maximum atomic E-state index is 14.3. The lowest BCUT2D eigenvalue weighted by atomic mass is 9.89. The summed E-state index contributed by atoms with van der Waals surface area (Å²) in [5.74, 6) is -0.602. The van der Waals surface area contributed by atoms with Crippen LogP contribution in [0.25, 0.3) is 11.2 Å². The fourth-order valence-corrected chi connectivity index (χ4v) is 4.65. The van der Waals surface area contributed by atoms with Crippen molar-refractivity contribution in [1.29, 1.82) is 0 Å². The largest absolute Gasteiger partial charge is 0.435 e. The van der Waals surface area contributed by atoms with Gasteiger partial charge in [0.25, 0.3) is 5.56 Å². The van der Waals surface area contributed by atoms with Crippen LogP contribution in [-0.2, 0) is 12.7 Å². The number of piperidine rings is 1. The second-order valence-corrected chi connectivity index (χ2v) is 8.48. The molecule has 3 aromatic heterocycles. The molecule has 0 bridgehead atoms. The molecule has 10 heteroatoms. The first-order valence-electron chi connectivity index (χ1n) is 11.2. The molecule has 180 valence electrons. The van der Waals surface area contributed by atoms with Gasteiger partial charge in [-0.25, -0.2) is 14.4 Å². The number of pyridine rings is 2. The van der Waals surface area contributed by atoms with Crippen molar-refractivity contribution < 1.29 is 17.6 Å². The molecule has 1 aliphatic heterocycles. The summed E-state index contributed by atoms with van der Waals surface area (Å²) in [5.41, 5.74) is 0.559. The highest BCUT2D eigenvalue weighted by atomic mass is 19.4. The molecule has 0 unspecified atom stereocenters. The van der Waals surface area contributed by atoms with Crippen molar-refractivity contribution in [3.63, 3.8) is 0 Å². The number of rotatable bonds is 4. The van der Waals surface area contributed by atoms with Gasteiger partial charge in [0, 0.05) is 42.8 Å². The van der Waals surface area contributed by atoms with Gasteiger partial charge in [-0.2, -0.15) is 13.2 Å². The molecular weight excluding hydrogens is 462 g/mol. The molecule has 4 heterocycles. The molecule has 0 radical (unpaired) electrons. The Hall–Kier alpha value is -3.82. The highest BCUT2D eigenvalue weighted by Gasteiger charge is 2.37. The van der Waals surface area contributed by atoms with Gasteiger partial charge in [0.05, 0.1) is 12.2 Å². The Bertz CT molecular complexity index is 1430. The zero-order valence-electron chi connectivity index (χ0n) is 18.5. The van der Waals surface area contributed by atoms with Crippen molar-refractivity contribution in [1.82, 2.24) is 19.5 Å². The van der Waals surface area contributed by atoms with E-state index < -0.39 is 17.7 Å². The number of anilines is 1. The Morgan fingerprint density at radius 3 is 2.43 bits per heavy atom. The first kappa shape index (κ1) is 22.9. The molecular formula is C25H21F4N5O. The van der Waals surface area contributed by atoms with E-state index in [-0.39, 0.29) is 23.7 Å². The van der Waals surface area contributed by atoms with Crippen LogP contribution in [-0.4, -0.2) is 32.6 Å². The lowest BCUT2D eigenvalue weighted by molar-refractivity contribution is -0.140. The average molecular weight is 483 g/mol. The summed E-state index contributed by atoms with van der Waals surface area (Å²) in [6.07, 6.45) is 0.537. The van der Waals surface area contributed by atoms with E-state index in [4.69, 9.17) is 0 Å². The third kappa shape index (κ3) is 4.48. The number of alkyl halides is 3. The van der Waals surface area contributed by atoms with Crippen molar-refractivity contribution >= 4 is 16.9 Å². The molecule has 1 aliphatic rings. The quantitative estimate of drug-likeness (QED) is 0.391. The maximum Gasteiger partial charge on any atom is 0.435 e. The van der Waals surface area contributed by atoms with Gasteiger partial charge in [0.1, 0.15) is 11.3 Å². The molecule has 4 aromatic rings. The van der Waals surface area contributed by atoms with Crippen LogP contribution in [0.1, 0.15) is 35.6 Å². The van der Waals surface area contributed by atoms with E-state index in [0.717, 1.165) is 6.20 Å². The number of hydrogen-bond acceptors (Lipinski definition) is 5. The highest BCUT2D eigenvalue weighted by molar-refractivity contribution is 5.71. The SMILES string of the molecule is O=c1c(C2CCN(c3cccnc3C(F)(F)F)CC2)cc2nccnc2n1Cc1ccccc1F. The van der Waals surface area contributed by atoms with Crippen LogP contribution in [0.5, 0.6) is 0 Å². The number of benzene rings is 1. The topological polar surface area (TPSA) is 63.9 Å². The summed E-state index contributed by atoms with van der Waals surface area (Å²) in [5, 5.41) is 0. The fraction of sp³-hybridized carbons (Fsp3) is 0.280. The number of aromatic nitrogens is 4. The minimum atomic E-state index is -4.55. The number of nitrogens with zero attached hydrogens (tertiary/aromatic N) is 5. The molecule has 1 fully saturated rings. The monoisotopic (exact) mass is 483 g/mol. The zero-order chi connectivity index (χ0) is 24.6. The minimum absolute atomic E-state index is 0.00197. The van der Waals surface area contributed by atoms with E-state index in [0.29, 0.717) is 48.2 Å². The molecule has 0 spiro atoms. The Kier molecular flexibility index (Phi) is 5.96. The van der Waals surface area contributed by atoms with E-state index >= 15 is 0 Å². The van der Waals surface area contributed by atoms with Gasteiger partial charge in [0.15, 0.2) is 11.3 Å². The molecule has 5 rings (SSSR count). The van der Waals surface area contributed by atoms with Gasteiger partial charge in [-0.1, -0.05) is 18.2 Å². The molecule has 0 atom stereocenters. The summed E-state index contributed by atoms with van der Waals surface area (Å²) >= 11 is 0. The molecule has 0 aliphatic carbocycles. The Morgan fingerprint density at radius 1 is 0.943 bits per heavy atom. The van der Waals surface area contributed by atoms with E-state index in [1.165, 1.54) is 35.2 Å². The second-order valence-electron chi connectivity index (χ2n) is 8.48. The van der Waals surface area contributed by atoms with E-state index in [2.05, 4.69) is 15.0 Å². The smallest absolute Gasteiger partial charge is 0.370 e. The highest BCUT2D eigenvalue weighted by Crippen LogP contribution is 2.37. The van der Waals surface area contributed by atoms with Crippen molar-refractivity contribution in [2.75, 3.05) is 18.0 Å². The van der Waals surface area contributed by atoms with Gasteiger partial charge >= 0.3 is 6.18 Å². The number of fused-ring (bicyclic) bond motifs is 1. The fourth-order valence-electron chi connectivity index (χ4n) is 4.65. The molecule has 0 amide bonds. The maximum absolute atomic E-state index is 14.3. The van der Waals surface area contributed by atoms with Gasteiger partial charge in [-0.3, -0.25) is 14.3 Å². The van der Waals surface area contributed by atoms with Crippen LogP contribution >= 0.6 is 0 Å². The molecule has 1 aromatic carbocycles. The number of hydrogen-bond donors (Lipinski definition) is 0. The van der Waals surface area contributed by atoms with E-state index in [1.807, 2.05) is 0 Å². The van der Waals surface area contributed by atoms with Gasteiger partial charge in [-0.05, 0) is 43.0 Å². The molecule has 0 N–H and O–H groups in total. The number of halogens is 4. The third-order valence-electron chi connectivity index (χ3n) is 6.36. The average Bonchev–Trinajstić information content (AvgIpc) is 2.86. The molecule has 0 saturated carbocycles. The Balaban J connectivity index is 1.47. The lowest BCUT2D eigenvalue weighted by Gasteiger charge is -2.34. The second kappa shape index (κ2) is 9.09. The third-order valence-corrected chi connectivity index (χ3v) is 6.36. The van der Waals surface area contributed by atoms with Crippen LogP contribution in [0.3, 0.4) is 0 Å². The van der Waals surface area contributed by atoms with E-state index in [1.54, 1.807) is 29.2 Å². The van der Waals surface area contributed by atoms with Crippen LogP contribution in [0, 0.1) is 5.82 Å². The summed E-state index contributed by atoms with van der Waals surface area (Å²) in [6.45, 7) is 0.674. The molecule has 1 saturated heterocycles. The molecule has 35 heavy (non-hydrogen) atoms. The van der Waals surface area contributed by atoms with Crippen LogP contribution in [0.4, 0.5) is 23.2 Å². The first-order valence-corrected chi connectivity index (χ1v) is 11.2.